The Morgan fingerprint density at radius 1 is 1.00 bits per heavy atom. The van der Waals surface area contributed by atoms with Gasteiger partial charge >= 0.3 is 0 Å². The summed E-state index contributed by atoms with van der Waals surface area (Å²) in [6.07, 6.45) is 4.46. The van der Waals surface area contributed by atoms with Crippen LogP contribution in [0, 0.1) is 6.92 Å². The van der Waals surface area contributed by atoms with Crippen LogP contribution < -0.4 is 14.8 Å². The van der Waals surface area contributed by atoms with Gasteiger partial charge in [-0.3, -0.25) is 4.98 Å². The molecule has 0 aliphatic carbocycles. The van der Waals surface area contributed by atoms with Crippen LogP contribution >= 0.6 is 12.2 Å². The van der Waals surface area contributed by atoms with Gasteiger partial charge < -0.3 is 24.7 Å². The average molecular weight is 461 g/mol. The van der Waals surface area contributed by atoms with Gasteiger partial charge in [-0.05, 0) is 91.3 Å². The van der Waals surface area contributed by atoms with E-state index in [2.05, 4.69) is 39.2 Å². The first-order valence-corrected chi connectivity index (χ1v) is 11.2. The largest absolute Gasteiger partial charge is 0.497 e. The molecule has 6 nitrogen and oxygen atoms in total. The van der Waals surface area contributed by atoms with Crippen LogP contribution in [-0.4, -0.2) is 40.7 Å². The minimum atomic E-state index is 0.673. The van der Waals surface area contributed by atoms with Gasteiger partial charge in [0, 0.05) is 47.8 Å². The number of nitrogens with one attached hydrogen (secondary N) is 2. The second-order valence-electron chi connectivity index (χ2n) is 7.83. The molecule has 2 aromatic carbocycles. The molecular formula is C26H28N4O2S. The second-order valence-corrected chi connectivity index (χ2v) is 8.21. The first kappa shape index (κ1) is 22.6. The average Bonchev–Trinajstić information content (AvgIpc) is 3.16. The molecule has 0 radical (unpaired) electrons. The third kappa shape index (κ3) is 5.43. The van der Waals surface area contributed by atoms with Gasteiger partial charge in [-0.1, -0.05) is 0 Å². The molecule has 0 bridgehead atoms. The summed E-state index contributed by atoms with van der Waals surface area (Å²) in [6.45, 7) is 3.56. The SMILES string of the molecule is COc1ccc(NC(=S)N(CCc2c(C)[nH]c3ccc(OC)cc23)Cc2ccncc2)cc1. The topological polar surface area (TPSA) is 62.4 Å². The number of ether oxygens (including phenoxy) is 2. The Balaban J connectivity index is 1.55. The van der Waals surface area contributed by atoms with Crippen LogP contribution in [0.2, 0.25) is 0 Å². The Morgan fingerprint density at radius 3 is 2.39 bits per heavy atom. The van der Waals surface area contributed by atoms with Gasteiger partial charge in [0.25, 0.3) is 0 Å². The number of aromatic nitrogens is 2. The van der Waals surface area contributed by atoms with Crippen molar-refractivity contribution in [1.82, 2.24) is 14.9 Å². The lowest BCUT2D eigenvalue weighted by atomic mass is 10.1. The molecule has 0 fully saturated rings. The van der Waals surface area contributed by atoms with E-state index < -0.39 is 0 Å². The zero-order valence-corrected chi connectivity index (χ0v) is 19.9. The van der Waals surface area contributed by atoms with Gasteiger partial charge in [0.05, 0.1) is 14.2 Å². The van der Waals surface area contributed by atoms with Crippen molar-refractivity contribution in [2.24, 2.45) is 0 Å². The van der Waals surface area contributed by atoms with Crippen LogP contribution in [0.3, 0.4) is 0 Å². The Labute approximate surface area is 199 Å². The van der Waals surface area contributed by atoms with E-state index in [-0.39, 0.29) is 0 Å². The van der Waals surface area contributed by atoms with Gasteiger partial charge in [-0.15, -0.1) is 0 Å². The molecule has 2 aromatic heterocycles. The van der Waals surface area contributed by atoms with Gasteiger partial charge in [0.2, 0.25) is 0 Å². The number of nitrogens with zero attached hydrogens (tertiary/aromatic N) is 2. The van der Waals surface area contributed by atoms with Crippen LogP contribution in [0.4, 0.5) is 5.69 Å². The number of aryl methyl sites for hydroxylation is 1. The lowest BCUT2D eigenvalue weighted by Gasteiger charge is -2.26. The molecule has 2 N–H and O–H groups in total. The minimum absolute atomic E-state index is 0.673. The highest BCUT2D eigenvalue weighted by molar-refractivity contribution is 7.80. The Bertz CT molecular complexity index is 1220. The molecule has 0 atom stereocenters. The molecule has 0 saturated carbocycles. The number of hydrogen-bond donors (Lipinski definition) is 2. The highest BCUT2D eigenvalue weighted by Gasteiger charge is 2.15. The number of thiocarbonyl (C=S) groups is 1. The maximum absolute atomic E-state index is 5.82. The number of fused-ring (bicyclic) bond motifs is 1. The maximum atomic E-state index is 5.82. The monoisotopic (exact) mass is 460 g/mol. The molecule has 2 heterocycles. The summed E-state index contributed by atoms with van der Waals surface area (Å²) in [4.78, 5) is 9.81. The maximum Gasteiger partial charge on any atom is 0.173 e. The zero-order valence-electron chi connectivity index (χ0n) is 19.1. The van der Waals surface area contributed by atoms with E-state index in [1.165, 1.54) is 10.9 Å². The number of aromatic amines is 1. The van der Waals surface area contributed by atoms with Crippen molar-refractivity contribution in [3.63, 3.8) is 0 Å². The standard InChI is InChI=1S/C26H28N4O2S/c1-18-23(24-16-22(32-3)8-9-25(24)28-18)12-15-30(17-19-10-13-27-14-11-19)26(33)29-20-4-6-21(31-2)7-5-20/h4-11,13-14,16,28H,12,15,17H2,1-3H3,(H,29,33). The summed E-state index contributed by atoms with van der Waals surface area (Å²) < 4.78 is 10.7. The highest BCUT2D eigenvalue weighted by atomic mass is 32.1. The van der Waals surface area contributed by atoms with Crippen LogP contribution in [0.5, 0.6) is 11.5 Å². The summed E-state index contributed by atoms with van der Waals surface area (Å²) in [6, 6.07) is 17.9. The fourth-order valence-corrected chi connectivity index (χ4v) is 4.17. The van der Waals surface area contributed by atoms with Crippen molar-refractivity contribution in [2.75, 3.05) is 26.1 Å². The molecule has 0 amide bonds. The number of rotatable bonds is 8. The second kappa shape index (κ2) is 10.4. The van der Waals surface area contributed by atoms with E-state index in [1.807, 2.05) is 54.9 Å². The molecule has 0 aliphatic heterocycles. The van der Waals surface area contributed by atoms with E-state index >= 15 is 0 Å². The lowest BCUT2D eigenvalue weighted by Crippen LogP contribution is -2.36. The number of pyridine rings is 1. The summed E-state index contributed by atoms with van der Waals surface area (Å²) >= 11 is 5.82. The molecular weight excluding hydrogens is 432 g/mol. The zero-order chi connectivity index (χ0) is 23.2. The smallest absolute Gasteiger partial charge is 0.173 e. The summed E-state index contributed by atoms with van der Waals surface area (Å²) in [5, 5.41) is 5.23. The van der Waals surface area contributed by atoms with Gasteiger partial charge in [-0.2, -0.15) is 0 Å². The first-order valence-electron chi connectivity index (χ1n) is 10.8. The van der Waals surface area contributed by atoms with Gasteiger partial charge in [-0.25, -0.2) is 0 Å². The third-order valence-electron chi connectivity index (χ3n) is 5.71. The minimum Gasteiger partial charge on any atom is -0.497 e. The Hall–Kier alpha value is -3.58. The third-order valence-corrected chi connectivity index (χ3v) is 6.07. The van der Waals surface area contributed by atoms with Gasteiger partial charge in [0.15, 0.2) is 5.11 Å². The van der Waals surface area contributed by atoms with Crippen molar-refractivity contribution < 1.29 is 9.47 Å². The predicted molar refractivity (Wildman–Crippen MR) is 137 cm³/mol. The Morgan fingerprint density at radius 2 is 1.70 bits per heavy atom. The molecule has 170 valence electrons. The highest BCUT2D eigenvalue weighted by Crippen LogP contribution is 2.27. The molecule has 4 rings (SSSR count). The first-order chi connectivity index (χ1) is 16.1. The van der Waals surface area contributed by atoms with Crippen molar-refractivity contribution in [2.45, 2.75) is 19.9 Å². The molecule has 33 heavy (non-hydrogen) atoms. The molecule has 0 unspecified atom stereocenters. The van der Waals surface area contributed by atoms with Crippen molar-refractivity contribution in [3.05, 3.63) is 83.8 Å². The fraction of sp³-hybridized carbons (Fsp3) is 0.231. The number of benzene rings is 2. The molecule has 0 saturated heterocycles. The quantitative estimate of drug-likeness (QED) is 0.347. The van der Waals surface area contributed by atoms with E-state index in [9.17, 15) is 0 Å². The van der Waals surface area contributed by atoms with Crippen molar-refractivity contribution in [1.29, 1.82) is 0 Å². The van der Waals surface area contributed by atoms with Crippen molar-refractivity contribution >= 4 is 33.9 Å². The summed E-state index contributed by atoms with van der Waals surface area (Å²) in [5.41, 5.74) is 5.63. The molecule has 4 aromatic rings. The van der Waals surface area contributed by atoms with Crippen LogP contribution in [0.25, 0.3) is 10.9 Å². The molecule has 0 spiro atoms. The van der Waals surface area contributed by atoms with Crippen LogP contribution in [-0.2, 0) is 13.0 Å². The van der Waals surface area contributed by atoms with E-state index in [4.69, 9.17) is 21.7 Å². The normalized spacial score (nSPS) is 10.8. The van der Waals surface area contributed by atoms with Crippen LogP contribution in [0.1, 0.15) is 16.8 Å². The van der Waals surface area contributed by atoms with Gasteiger partial charge in [0.1, 0.15) is 11.5 Å². The number of hydrogen-bond acceptors (Lipinski definition) is 4. The molecule has 0 aliphatic rings. The number of H-pyrrole nitrogens is 1. The Kier molecular flexibility index (Phi) is 7.10. The molecule has 7 heteroatoms. The van der Waals surface area contributed by atoms with Crippen LogP contribution in [0.15, 0.2) is 67.0 Å². The van der Waals surface area contributed by atoms with E-state index in [0.29, 0.717) is 11.7 Å². The van der Waals surface area contributed by atoms with E-state index in [0.717, 1.165) is 46.9 Å². The predicted octanol–water partition coefficient (Wildman–Crippen LogP) is 5.33. The number of methoxy groups -OCH3 is 2. The fourth-order valence-electron chi connectivity index (χ4n) is 3.90. The van der Waals surface area contributed by atoms with E-state index in [1.54, 1.807) is 14.2 Å². The summed E-state index contributed by atoms with van der Waals surface area (Å²) in [7, 11) is 3.35. The van der Waals surface area contributed by atoms with Crippen molar-refractivity contribution in [3.8, 4) is 11.5 Å². The number of anilines is 1. The summed E-state index contributed by atoms with van der Waals surface area (Å²) in [5.74, 6) is 1.67. The lowest BCUT2D eigenvalue weighted by molar-refractivity contribution is 0.415.